The van der Waals surface area contributed by atoms with Crippen LogP contribution in [0, 0.1) is 0 Å². The summed E-state index contributed by atoms with van der Waals surface area (Å²) in [6, 6.07) is 4.82. The zero-order valence-corrected chi connectivity index (χ0v) is 13.6. The Bertz CT molecular complexity index is 622. The Hall–Kier alpha value is -1.48. The van der Waals surface area contributed by atoms with E-state index in [0.717, 1.165) is 25.7 Å². The van der Waals surface area contributed by atoms with Crippen molar-refractivity contribution >= 4 is 16.2 Å². The van der Waals surface area contributed by atoms with Gasteiger partial charge in [-0.15, -0.1) is 0 Å². The quantitative estimate of drug-likeness (QED) is 0.715. The number of hydrogen-bond acceptors (Lipinski definition) is 4. The van der Waals surface area contributed by atoms with Gasteiger partial charge in [0.2, 0.25) is 0 Å². The van der Waals surface area contributed by atoms with Crippen molar-refractivity contribution in [2.24, 2.45) is 0 Å². The molecule has 0 spiro atoms. The summed E-state index contributed by atoms with van der Waals surface area (Å²) in [7, 11) is -3.86. The summed E-state index contributed by atoms with van der Waals surface area (Å²) in [5, 5.41) is 18.4. The number of carboxylic acid groups (broad SMARTS) is 1. The number of rotatable bonds is 6. The predicted molar refractivity (Wildman–Crippen MR) is 84.8 cm³/mol. The molecule has 0 radical (unpaired) electrons. The first-order chi connectivity index (χ1) is 10.9. The molecule has 0 aliphatic carbocycles. The molecule has 1 atom stereocenters. The summed E-state index contributed by atoms with van der Waals surface area (Å²) in [6.45, 7) is 0.660. The van der Waals surface area contributed by atoms with E-state index in [1.807, 2.05) is 0 Å². The van der Waals surface area contributed by atoms with E-state index in [0.29, 0.717) is 24.2 Å². The summed E-state index contributed by atoms with van der Waals surface area (Å²) >= 11 is 0. The summed E-state index contributed by atoms with van der Waals surface area (Å²) in [5.74, 6) is -1.26. The predicted octanol–water partition coefficient (Wildman–Crippen LogP) is 1.01. The van der Waals surface area contributed by atoms with Gasteiger partial charge in [0.15, 0.2) is 0 Å². The molecule has 0 bridgehead atoms. The van der Waals surface area contributed by atoms with Gasteiger partial charge >= 0.3 is 5.97 Å². The van der Waals surface area contributed by atoms with Gasteiger partial charge in [-0.3, -0.25) is 4.79 Å². The van der Waals surface area contributed by atoms with Crippen molar-refractivity contribution < 1.29 is 23.4 Å². The standard InChI is InChI=1S/C15H22N2O5S/c18-11-12-5-7-13(8-6-12)14(15(19)20)16-23(21,22)17-9-3-1-2-4-10-17/h5-8,14,16,18H,1-4,9-11H2,(H,19,20)/t14-/m0/s1. The number of hydrogen-bond donors (Lipinski definition) is 3. The van der Waals surface area contributed by atoms with Gasteiger partial charge in [-0.2, -0.15) is 17.4 Å². The molecule has 128 valence electrons. The first-order valence-corrected chi connectivity index (χ1v) is 9.08. The molecule has 2 rings (SSSR count). The van der Waals surface area contributed by atoms with E-state index >= 15 is 0 Å². The molecule has 0 amide bonds. The smallest absolute Gasteiger partial charge is 0.326 e. The Kier molecular flexibility index (Phi) is 6.11. The van der Waals surface area contributed by atoms with E-state index in [9.17, 15) is 18.3 Å². The highest BCUT2D eigenvalue weighted by molar-refractivity contribution is 7.87. The third-order valence-corrected chi connectivity index (χ3v) is 5.49. The van der Waals surface area contributed by atoms with Crippen LogP contribution in [0.4, 0.5) is 0 Å². The van der Waals surface area contributed by atoms with Crippen molar-refractivity contribution in [2.75, 3.05) is 13.1 Å². The molecule has 3 N–H and O–H groups in total. The molecule has 1 aliphatic rings. The first kappa shape index (κ1) is 17.9. The number of carbonyl (C=O) groups is 1. The van der Waals surface area contributed by atoms with Gasteiger partial charge in [0.05, 0.1) is 6.61 Å². The van der Waals surface area contributed by atoms with Crippen molar-refractivity contribution in [1.29, 1.82) is 0 Å². The van der Waals surface area contributed by atoms with Crippen molar-refractivity contribution in [2.45, 2.75) is 38.3 Å². The molecule has 0 unspecified atom stereocenters. The average Bonchev–Trinajstić information content (AvgIpc) is 2.82. The van der Waals surface area contributed by atoms with Crippen LogP contribution in [0.25, 0.3) is 0 Å². The molecular weight excluding hydrogens is 320 g/mol. The normalized spacial score (nSPS) is 18.3. The van der Waals surface area contributed by atoms with Crippen molar-refractivity contribution in [3.8, 4) is 0 Å². The van der Waals surface area contributed by atoms with Crippen LogP contribution in [-0.2, 0) is 21.6 Å². The lowest BCUT2D eigenvalue weighted by atomic mass is 10.1. The van der Waals surface area contributed by atoms with Crippen LogP contribution in [0.1, 0.15) is 42.9 Å². The topological polar surface area (TPSA) is 107 Å². The zero-order chi connectivity index (χ0) is 16.9. The van der Waals surface area contributed by atoms with E-state index in [1.165, 1.54) is 16.4 Å². The third-order valence-electron chi connectivity index (χ3n) is 3.91. The molecule has 1 aromatic rings. The molecular formula is C15H22N2O5S. The van der Waals surface area contributed by atoms with Gasteiger partial charge in [-0.25, -0.2) is 0 Å². The Labute approximate surface area is 136 Å². The SMILES string of the molecule is O=C(O)[C@@H](NS(=O)(=O)N1CCCCCC1)c1ccc(CO)cc1. The summed E-state index contributed by atoms with van der Waals surface area (Å²) < 4.78 is 28.5. The largest absolute Gasteiger partial charge is 0.480 e. The van der Waals surface area contributed by atoms with Crippen molar-refractivity contribution in [1.82, 2.24) is 9.03 Å². The van der Waals surface area contributed by atoms with E-state index in [4.69, 9.17) is 5.11 Å². The lowest BCUT2D eigenvalue weighted by Gasteiger charge is -2.23. The minimum atomic E-state index is -3.86. The monoisotopic (exact) mass is 342 g/mol. The molecule has 1 fully saturated rings. The first-order valence-electron chi connectivity index (χ1n) is 7.64. The fraction of sp³-hybridized carbons (Fsp3) is 0.533. The molecule has 0 saturated carbocycles. The molecule has 1 heterocycles. The number of aliphatic hydroxyl groups excluding tert-OH is 1. The number of nitrogens with one attached hydrogen (secondary N) is 1. The number of aliphatic hydroxyl groups is 1. The molecule has 1 aliphatic heterocycles. The number of aliphatic carboxylic acids is 1. The Morgan fingerprint density at radius 2 is 1.70 bits per heavy atom. The Balaban J connectivity index is 2.18. The van der Waals surface area contributed by atoms with Crippen LogP contribution >= 0.6 is 0 Å². The lowest BCUT2D eigenvalue weighted by molar-refractivity contribution is -0.139. The van der Waals surface area contributed by atoms with E-state index < -0.39 is 22.2 Å². The summed E-state index contributed by atoms with van der Waals surface area (Å²) in [5.41, 5.74) is 0.960. The van der Waals surface area contributed by atoms with E-state index in [2.05, 4.69) is 4.72 Å². The van der Waals surface area contributed by atoms with Crippen LogP contribution in [0.5, 0.6) is 0 Å². The van der Waals surface area contributed by atoms with E-state index in [-0.39, 0.29) is 6.61 Å². The van der Waals surface area contributed by atoms with Gasteiger partial charge in [0.1, 0.15) is 6.04 Å². The second-order valence-electron chi connectivity index (χ2n) is 5.61. The highest BCUT2D eigenvalue weighted by Gasteiger charge is 2.30. The molecule has 7 nitrogen and oxygen atoms in total. The van der Waals surface area contributed by atoms with Crippen LogP contribution in [0.3, 0.4) is 0 Å². The number of benzene rings is 1. The zero-order valence-electron chi connectivity index (χ0n) is 12.8. The average molecular weight is 342 g/mol. The minimum absolute atomic E-state index is 0.155. The van der Waals surface area contributed by atoms with Gasteiger partial charge in [-0.1, -0.05) is 37.1 Å². The third kappa shape index (κ3) is 4.74. The van der Waals surface area contributed by atoms with Gasteiger partial charge in [-0.05, 0) is 24.0 Å². The fourth-order valence-corrected chi connectivity index (χ4v) is 4.00. The maximum absolute atomic E-state index is 12.5. The van der Waals surface area contributed by atoms with Gasteiger partial charge < -0.3 is 10.2 Å². The van der Waals surface area contributed by atoms with Crippen LogP contribution in [0.15, 0.2) is 24.3 Å². The molecule has 1 aromatic carbocycles. The second kappa shape index (κ2) is 7.87. The van der Waals surface area contributed by atoms with Crippen LogP contribution in [0.2, 0.25) is 0 Å². The summed E-state index contributed by atoms with van der Waals surface area (Å²) in [6.07, 6.45) is 3.53. The highest BCUT2D eigenvalue weighted by atomic mass is 32.2. The van der Waals surface area contributed by atoms with Gasteiger partial charge in [0.25, 0.3) is 10.2 Å². The fourth-order valence-electron chi connectivity index (χ4n) is 2.58. The number of carboxylic acids is 1. The molecule has 0 aromatic heterocycles. The van der Waals surface area contributed by atoms with E-state index in [1.54, 1.807) is 12.1 Å². The second-order valence-corrected chi connectivity index (χ2v) is 7.31. The number of nitrogens with zero attached hydrogens (tertiary/aromatic N) is 1. The summed E-state index contributed by atoms with van der Waals surface area (Å²) in [4.78, 5) is 11.5. The Morgan fingerprint density at radius 3 is 2.17 bits per heavy atom. The van der Waals surface area contributed by atoms with Crippen LogP contribution in [-0.4, -0.2) is 42.0 Å². The maximum Gasteiger partial charge on any atom is 0.326 e. The lowest BCUT2D eigenvalue weighted by Crippen LogP contribution is -2.44. The van der Waals surface area contributed by atoms with Crippen molar-refractivity contribution in [3.63, 3.8) is 0 Å². The van der Waals surface area contributed by atoms with Crippen LogP contribution < -0.4 is 4.72 Å². The van der Waals surface area contributed by atoms with Crippen molar-refractivity contribution in [3.05, 3.63) is 35.4 Å². The molecule has 23 heavy (non-hydrogen) atoms. The van der Waals surface area contributed by atoms with Gasteiger partial charge in [0, 0.05) is 13.1 Å². The Morgan fingerprint density at radius 1 is 1.13 bits per heavy atom. The molecule has 8 heteroatoms. The molecule has 1 saturated heterocycles. The minimum Gasteiger partial charge on any atom is -0.480 e. The highest BCUT2D eigenvalue weighted by Crippen LogP contribution is 2.19. The maximum atomic E-state index is 12.5.